The number of nitrogens with zero attached hydrogens (tertiary/aromatic N) is 2. The molecule has 1 aromatic rings. The van der Waals surface area contributed by atoms with Crippen molar-refractivity contribution in [3.05, 3.63) is 17.7 Å². The third kappa shape index (κ3) is 3.09. The lowest BCUT2D eigenvalue weighted by atomic mass is 10.1. The molecule has 1 aliphatic rings. The topological polar surface area (TPSA) is 86.3 Å². The molecule has 1 saturated heterocycles. The van der Waals surface area contributed by atoms with Crippen LogP contribution in [0.2, 0.25) is 0 Å². The Morgan fingerprint density at radius 2 is 2.21 bits per heavy atom. The molecule has 6 nitrogen and oxygen atoms in total. The molecule has 1 aromatic heterocycles. The summed E-state index contributed by atoms with van der Waals surface area (Å²) in [4.78, 5) is 31.3. The Hall–Kier alpha value is -1.50. The molecular formula is C12H17N3O3S. The van der Waals surface area contributed by atoms with Crippen LogP contribution >= 0.6 is 11.8 Å². The third-order valence-electron chi connectivity index (χ3n) is 3.18. The number of carbonyl (C=O) groups is 2. The summed E-state index contributed by atoms with van der Waals surface area (Å²) in [5.41, 5.74) is -0.140. The second-order valence-corrected chi connectivity index (χ2v) is 6.88. The van der Waals surface area contributed by atoms with Crippen LogP contribution in [-0.2, 0) is 0 Å². The summed E-state index contributed by atoms with van der Waals surface area (Å²) in [6, 6.07) is 0. The number of hydrogen-bond donors (Lipinski definition) is 2. The van der Waals surface area contributed by atoms with Crippen LogP contribution in [0.5, 0.6) is 0 Å². The van der Waals surface area contributed by atoms with Gasteiger partial charge in [0.15, 0.2) is 11.4 Å². The van der Waals surface area contributed by atoms with E-state index in [1.54, 1.807) is 4.90 Å². The Kier molecular flexibility index (Phi) is 3.84. The minimum Gasteiger partial charge on any atom is -0.477 e. The van der Waals surface area contributed by atoms with E-state index in [0.717, 1.165) is 12.2 Å². The van der Waals surface area contributed by atoms with E-state index in [4.69, 9.17) is 5.11 Å². The number of aromatic carboxylic acids is 1. The molecule has 1 fully saturated rings. The maximum absolute atomic E-state index is 12.3. The average Bonchev–Trinajstić information content (AvgIpc) is 2.74. The number of carbonyl (C=O) groups excluding carboxylic acids is 1. The first-order valence-electron chi connectivity index (χ1n) is 6.10. The Labute approximate surface area is 115 Å². The first kappa shape index (κ1) is 13.9. The van der Waals surface area contributed by atoms with Gasteiger partial charge in [-0.3, -0.25) is 4.79 Å². The SMILES string of the molecule is CC1(C)CCN(C(=O)c2nc[nH]c2C(=O)O)CCS1. The highest BCUT2D eigenvalue weighted by Crippen LogP contribution is 2.31. The number of amides is 1. The average molecular weight is 283 g/mol. The molecule has 0 saturated carbocycles. The number of carboxylic acids is 1. The molecule has 104 valence electrons. The standard InChI is InChI=1S/C12H17N3O3S/c1-12(2)3-4-15(5-6-19-12)10(16)8-9(11(17)18)14-7-13-8/h7H,3-6H2,1-2H3,(H,13,14)(H,17,18). The summed E-state index contributed by atoms with van der Waals surface area (Å²) < 4.78 is 0.149. The van der Waals surface area contributed by atoms with Crippen LogP contribution < -0.4 is 0 Å². The number of aromatic amines is 1. The number of hydrogen-bond acceptors (Lipinski definition) is 4. The van der Waals surface area contributed by atoms with Crippen molar-refractivity contribution >= 4 is 23.6 Å². The zero-order valence-electron chi connectivity index (χ0n) is 11.0. The van der Waals surface area contributed by atoms with Gasteiger partial charge in [0.25, 0.3) is 5.91 Å². The summed E-state index contributed by atoms with van der Waals surface area (Å²) in [7, 11) is 0. The predicted molar refractivity (Wildman–Crippen MR) is 72.6 cm³/mol. The molecule has 19 heavy (non-hydrogen) atoms. The van der Waals surface area contributed by atoms with Gasteiger partial charge in [-0.1, -0.05) is 13.8 Å². The van der Waals surface area contributed by atoms with E-state index in [-0.39, 0.29) is 22.0 Å². The van der Waals surface area contributed by atoms with Gasteiger partial charge in [0.1, 0.15) is 0 Å². The molecule has 2 rings (SSSR count). The second kappa shape index (κ2) is 5.24. The van der Waals surface area contributed by atoms with Gasteiger partial charge in [-0.2, -0.15) is 11.8 Å². The van der Waals surface area contributed by atoms with Crippen LogP contribution in [-0.4, -0.2) is 55.4 Å². The largest absolute Gasteiger partial charge is 0.477 e. The zero-order valence-corrected chi connectivity index (χ0v) is 11.8. The van der Waals surface area contributed by atoms with Gasteiger partial charge in [0.05, 0.1) is 6.33 Å². The molecule has 1 amide bonds. The molecule has 0 aliphatic carbocycles. The molecule has 0 atom stereocenters. The van der Waals surface area contributed by atoms with Crippen LogP contribution in [0, 0.1) is 0 Å². The van der Waals surface area contributed by atoms with Gasteiger partial charge in [-0.05, 0) is 6.42 Å². The molecule has 2 N–H and O–H groups in total. The number of rotatable bonds is 2. The van der Waals surface area contributed by atoms with Crippen molar-refractivity contribution in [1.29, 1.82) is 0 Å². The van der Waals surface area contributed by atoms with Gasteiger partial charge in [-0.15, -0.1) is 0 Å². The summed E-state index contributed by atoms with van der Waals surface area (Å²) >= 11 is 1.83. The molecule has 0 unspecified atom stereocenters. The van der Waals surface area contributed by atoms with Crippen molar-refractivity contribution < 1.29 is 14.7 Å². The molecule has 0 spiro atoms. The minimum atomic E-state index is -1.16. The van der Waals surface area contributed by atoms with E-state index in [1.165, 1.54) is 6.33 Å². The van der Waals surface area contributed by atoms with Crippen LogP contribution in [0.25, 0.3) is 0 Å². The normalized spacial score (nSPS) is 18.9. The lowest BCUT2D eigenvalue weighted by Crippen LogP contribution is -2.34. The first-order valence-corrected chi connectivity index (χ1v) is 7.09. The molecule has 1 aliphatic heterocycles. The fourth-order valence-corrected chi connectivity index (χ4v) is 3.09. The number of imidazole rings is 1. The van der Waals surface area contributed by atoms with E-state index in [2.05, 4.69) is 23.8 Å². The van der Waals surface area contributed by atoms with Crippen molar-refractivity contribution in [1.82, 2.24) is 14.9 Å². The van der Waals surface area contributed by atoms with Crippen molar-refractivity contribution in [2.24, 2.45) is 0 Å². The minimum absolute atomic E-state index is 0.00259. The van der Waals surface area contributed by atoms with E-state index in [9.17, 15) is 9.59 Å². The summed E-state index contributed by atoms with van der Waals surface area (Å²) in [5.74, 6) is -0.617. The van der Waals surface area contributed by atoms with Gasteiger partial charge >= 0.3 is 5.97 Å². The highest BCUT2D eigenvalue weighted by molar-refractivity contribution is 8.00. The number of aromatic nitrogens is 2. The van der Waals surface area contributed by atoms with Gasteiger partial charge in [0.2, 0.25) is 0 Å². The van der Waals surface area contributed by atoms with E-state index < -0.39 is 5.97 Å². The van der Waals surface area contributed by atoms with Crippen molar-refractivity contribution in [2.45, 2.75) is 25.0 Å². The Balaban J connectivity index is 2.15. The Morgan fingerprint density at radius 1 is 1.47 bits per heavy atom. The van der Waals surface area contributed by atoms with Crippen molar-refractivity contribution in [2.75, 3.05) is 18.8 Å². The number of carboxylic acid groups (broad SMARTS) is 1. The van der Waals surface area contributed by atoms with Crippen LogP contribution in [0.15, 0.2) is 6.33 Å². The number of H-pyrrole nitrogens is 1. The first-order chi connectivity index (χ1) is 8.91. The van der Waals surface area contributed by atoms with E-state index in [1.807, 2.05) is 11.8 Å². The van der Waals surface area contributed by atoms with Gasteiger partial charge in [0, 0.05) is 23.6 Å². The maximum atomic E-state index is 12.3. The molecule has 0 aromatic carbocycles. The maximum Gasteiger partial charge on any atom is 0.354 e. The summed E-state index contributed by atoms with van der Waals surface area (Å²) in [5, 5.41) is 8.99. The van der Waals surface area contributed by atoms with Crippen LogP contribution in [0.1, 0.15) is 41.2 Å². The summed E-state index contributed by atoms with van der Waals surface area (Å²) in [6.45, 7) is 5.56. The van der Waals surface area contributed by atoms with Gasteiger partial charge < -0.3 is 15.0 Å². The Morgan fingerprint density at radius 3 is 2.89 bits per heavy atom. The van der Waals surface area contributed by atoms with E-state index >= 15 is 0 Å². The van der Waals surface area contributed by atoms with Crippen molar-refractivity contribution in [3.8, 4) is 0 Å². The fourth-order valence-electron chi connectivity index (χ4n) is 1.99. The molecule has 2 heterocycles. The van der Waals surface area contributed by atoms with Gasteiger partial charge in [-0.25, -0.2) is 9.78 Å². The molecule has 7 heteroatoms. The number of nitrogens with one attached hydrogen (secondary N) is 1. The number of thioether (sulfide) groups is 1. The highest BCUT2D eigenvalue weighted by Gasteiger charge is 2.29. The van der Waals surface area contributed by atoms with Crippen LogP contribution in [0.4, 0.5) is 0 Å². The monoisotopic (exact) mass is 283 g/mol. The second-order valence-electron chi connectivity index (χ2n) is 5.08. The predicted octanol–water partition coefficient (Wildman–Crippen LogP) is 1.47. The smallest absolute Gasteiger partial charge is 0.354 e. The van der Waals surface area contributed by atoms with Crippen molar-refractivity contribution in [3.63, 3.8) is 0 Å². The zero-order chi connectivity index (χ0) is 14.0. The Bertz CT molecular complexity index is 498. The fraction of sp³-hybridized carbons (Fsp3) is 0.583. The summed E-state index contributed by atoms with van der Waals surface area (Å²) in [6.07, 6.45) is 2.13. The molecule has 0 radical (unpaired) electrons. The van der Waals surface area contributed by atoms with Crippen LogP contribution in [0.3, 0.4) is 0 Å². The molecular weight excluding hydrogens is 266 g/mol. The lowest BCUT2D eigenvalue weighted by molar-refractivity contribution is 0.0670. The van der Waals surface area contributed by atoms with E-state index in [0.29, 0.717) is 13.1 Å². The highest BCUT2D eigenvalue weighted by atomic mass is 32.2. The quantitative estimate of drug-likeness (QED) is 0.858. The molecule has 0 bridgehead atoms. The lowest BCUT2D eigenvalue weighted by Gasteiger charge is -2.22. The third-order valence-corrected chi connectivity index (χ3v) is 4.55.